The molecule has 4 aliphatic rings. The average Bonchev–Trinajstić information content (AvgIpc) is 3.32. The minimum atomic E-state index is -0.791. The number of esters is 1. The molecule has 0 radical (unpaired) electrons. The Morgan fingerprint density at radius 2 is 1.18 bits per heavy atom. The molecule has 1 fully saturated rings. The van der Waals surface area contributed by atoms with Crippen LogP contribution in [0.15, 0.2) is 97.1 Å². The molecule has 0 spiro atoms. The minimum Gasteiger partial charge on any atom is -0.452 e. The van der Waals surface area contributed by atoms with Gasteiger partial charge in [-0.15, -0.1) is 0 Å². The van der Waals surface area contributed by atoms with Crippen molar-refractivity contribution >= 4 is 46.9 Å². The first-order valence-corrected chi connectivity index (χ1v) is 14.4. The Bertz CT molecular complexity index is 1760. The van der Waals surface area contributed by atoms with E-state index in [4.69, 9.17) is 16.3 Å². The standard InChI is InChI=1S/C34H24ClN3O6/c35-25-12-6-5-11-24(25)31(40)37-36-26(39)17-44-34(43)18-13-15-19(16-14-18)38-32(41)29-27-20-7-1-2-8-21(20)28(30(29)33(38)42)23-10-4-3-9-22(23)27/h1-16,27-30H,17H2,(H,36,39)(H,37,40)/t27?,28?,29-,30+. The van der Waals surface area contributed by atoms with Gasteiger partial charge in [-0.05, 0) is 58.7 Å². The summed E-state index contributed by atoms with van der Waals surface area (Å²) in [6.07, 6.45) is 0. The SMILES string of the molecule is O=C(COC(=O)c1ccc(N2C(=O)[C@@H]3C4c5ccccc5C(c5ccccc54)[C@@H]3C2=O)cc1)NNC(=O)c1ccccc1Cl. The number of carbonyl (C=O) groups excluding carboxylic acids is 5. The first-order chi connectivity index (χ1) is 21.3. The molecular formula is C34H24ClN3O6. The third-order valence-electron chi connectivity index (χ3n) is 8.58. The summed E-state index contributed by atoms with van der Waals surface area (Å²) in [6.45, 7) is -0.653. The number of nitrogens with one attached hydrogen (secondary N) is 2. The lowest BCUT2D eigenvalue weighted by atomic mass is 9.55. The molecule has 10 heteroatoms. The lowest BCUT2D eigenvalue weighted by Gasteiger charge is -2.45. The van der Waals surface area contributed by atoms with Crippen LogP contribution in [-0.4, -0.2) is 36.2 Å². The van der Waals surface area contributed by atoms with Gasteiger partial charge in [-0.1, -0.05) is 72.3 Å². The second kappa shape index (κ2) is 10.8. The maximum Gasteiger partial charge on any atom is 0.338 e. The van der Waals surface area contributed by atoms with Crippen LogP contribution in [0.5, 0.6) is 0 Å². The van der Waals surface area contributed by atoms with Crippen LogP contribution < -0.4 is 15.8 Å². The van der Waals surface area contributed by atoms with Crippen molar-refractivity contribution in [2.75, 3.05) is 11.5 Å². The van der Waals surface area contributed by atoms with E-state index in [1.54, 1.807) is 12.1 Å². The van der Waals surface area contributed by atoms with Crippen LogP contribution in [0.4, 0.5) is 5.69 Å². The van der Waals surface area contributed by atoms with Crippen molar-refractivity contribution in [1.82, 2.24) is 10.9 Å². The van der Waals surface area contributed by atoms with Gasteiger partial charge >= 0.3 is 5.97 Å². The van der Waals surface area contributed by atoms with Gasteiger partial charge in [-0.3, -0.25) is 30.0 Å². The zero-order valence-electron chi connectivity index (χ0n) is 23.0. The van der Waals surface area contributed by atoms with Crippen LogP contribution in [0, 0.1) is 11.8 Å². The molecule has 3 aliphatic carbocycles. The summed E-state index contributed by atoms with van der Waals surface area (Å²) in [4.78, 5) is 66.0. The number of hydrogen-bond donors (Lipinski definition) is 2. The zero-order valence-corrected chi connectivity index (χ0v) is 23.8. The van der Waals surface area contributed by atoms with E-state index in [9.17, 15) is 24.0 Å². The van der Waals surface area contributed by atoms with Gasteiger partial charge in [0.2, 0.25) is 11.8 Å². The highest BCUT2D eigenvalue weighted by molar-refractivity contribution is 6.33. The molecule has 1 heterocycles. The van der Waals surface area contributed by atoms with E-state index in [1.807, 2.05) is 48.5 Å². The average molecular weight is 606 g/mol. The lowest BCUT2D eigenvalue weighted by Crippen LogP contribution is -2.43. The molecular weight excluding hydrogens is 582 g/mol. The number of anilines is 1. The molecule has 4 aromatic rings. The molecule has 44 heavy (non-hydrogen) atoms. The maximum absolute atomic E-state index is 13.9. The molecule has 4 aromatic carbocycles. The monoisotopic (exact) mass is 605 g/mol. The number of carbonyl (C=O) groups is 5. The summed E-state index contributed by atoms with van der Waals surface area (Å²) >= 11 is 5.98. The van der Waals surface area contributed by atoms with E-state index < -0.39 is 36.2 Å². The number of hydrazine groups is 1. The van der Waals surface area contributed by atoms with Crippen LogP contribution in [0.1, 0.15) is 54.8 Å². The molecule has 2 bridgehead atoms. The van der Waals surface area contributed by atoms with Crippen LogP contribution in [0.2, 0.25) is 5.02 Å². The molecule has 218 valence electrons. The fourth-order valence-electron chi connectivity index (χ4n) is 6.77. The summed E-state index contributed by atoms with van der Waals surface area (Å²) in [7, 11) is 0. The van der Waals surface area contributed by atoms with E-state index in [-0.39, 0.29) is 39.8 Å². The van der Waals surface area contributed by atoms with Crippen LogP contribution in [-0.2, 0) is 19.1 Å². The normalized spacial score (nSPS) is 20.8. The van der Waals surface area contributed by atoms with Crippen molar-refractivity contribution in [3.8, 4) is 0 Å². The number of imide groups is 1. The van der Waals surface area contributed by atoms with Gasteiger partial charge in [0.05, 0.1) is 33.7 Å². The van der Waals surface area contributed by atoms with Gasteiger partial charge in [-0.2, -0.15) is 0 Å². The highest BCUT2D eigenvalue weighted by atomic mass is 35.5. The fourth-order valence-corrected chi connectivity index (χ4v) is 6.99. The predicted molar refractivity (Wildman–Crippen MR) is 160 cm³/mol. The van der Waals surface area contributed by atoms with Gasteiger partial charge in [-0.25, -0.2) is 9.69 Å². The molecule has 0 saturated carbocycles. The van der Waals surface area contributed by atoms with Crippen molar-refractivity contribution < 1.29 is 28.7 Å². The molecule has 4 amide bonds. The predicted octanol–water partition coefficient (Wildman–Crippen LogP) is 4.35. The zero-order chi connectivity index (χ0) is 30.5. The van der Waals surface area contributed by atoms with Crippen molar-refractivity contribution in [3.05, 3.63) is 135 Å². The molecule has 9 nitrogen and oxygen atoms in total. The van der Waals surface area contributed by atoms with Crippen LogP contribution in [0.3, 0.4) is 0 Å². The molecule has 8 rings (SSSR count). The summed E-state index contributed by atoms with van der Waals surface area (Å²) in [5.41, 5.74) is 9.38. The van der Waals surface area contributed by atoms with Crippen LogP contribution >= 0.6 is 11.6 Å². The second-order valence-corrected chi connectivity index (χ2v) is 11.3. The molecule has 1 aliphatic heterocycles. The number of ether oxygens (including phenoxy) is 1. The Hall–Kier alpha value is -5.28. The van der Waals surface area contributed by atoms with E-state index in [0.717, 1.165) is 22.3 Å². The lowest BCUT2D eigenvalue weighted by molar-refractivity contribution is -0.125. The van der Waals surface area contributed by atoms with Gasteiger partial charge < -0.3 is 4.74 Å². The molecule has 2 N–H and O–H groups in total. The highest BCUT2D eigenvalue weighted by Gasteiger charge is 2.61. The van der Waals surface area contributed by atoms with Crippen LogP contribution in [0.25, 0.3) is 0 Å². The second-order valence-electron chi connectivity index (χ2n) is 10.9. The summed E-state index contributed by atoms with van der Waals surface area (Å²) in [5, 5.41) is 0.216. The van der Waals surface area contributed by atoms with Crippen molar-refractivity contribution in [1.29, 1.82) is 0 Å². The third-order valence-corrected chi connectivity index (χ3v) is 8.91. The number of halogens is 1. The minimum absolute atomic E-state index is 0.123. The Morgan fingerprint density at radius 1 is 0.682 bits per heavy atom. The van der Waals surface area contributed by atoms with E-state index in [2.05, 4.69) is 10.9 Å². The number of benzene rings is 4. The van der Waals surface area contributed by atoms with Crippen molar-refractivity contribution in [2.45, 2.75) is 11.8 Å². The topological polar surface area (TPSA) is 122 Å². The molecule has 1 saturated heterocycles. The van der Waals surface area contributed by atoms with Crippen molar-refractivity contribution in [2.24, 2.45) is 11.8 Å². The van der Waals surface area contributed by atoms with Gasteiger partial charge in [0.15, 0.2) is 6.61 Å². The van der Waals surface area contributed by atoms with E-state index in [0.29, 0.717) is 5.69 Å². The van der Waals surface area contributed by atoms with E-state index in [1.165, 1.54) is 41.3 Å². The number of hydrogen-bond acceptors (Lipinski definition) is 6. The number of amides is 4. The first kappa shape index (κ1) is 27.5. The smallest absolute Gasteiger partial charge is 0.338 e. The molecule has 2 atom stereocenters. The summed E-state index contributed by atoms with van der Waals surface area (Å²) < 4.78 is 5.07. The quantitative estimate of drug-likeness (QED) is 0.198. The third kappa shape index (κ3) is 4.36. The Balaban J connectivity index is 1.03. The maximum atomic E-state index is 13.9. The number of rotatable bonds is 5. The summed E-state index contributed by atoms with van der Waals surface area (Å²) in [5.74, 6) is -4.16. The number of nitrogens with zero attached hydrogens (tertiary/aromatic N) is 1. The first-order valence-electron chi connectivity index (χ1n) is 14.0. The Morgan fingerprint density at radius 3 is 1.70 bits per heavy atom. The summed E-state index contributed by atoms with van der Waals surface area (Å²) in [6, 6.07) is 28.3. The Kier molecular flexibility index (Phi) is 6.74. The fraction of sp³-hybridized carbons (Fsp3) is 0.147. The van der Waals surface area contributed by atoms with Gasteiger partial charge in [0.1, 0.15) is 0 Å². The van der Waals surface area contributed by atoms with Gasteiger partial charge in [0.25, 0.3) is 11.8 Å². The van der Waals surface area contributed by atoms with Gasteiger partial charge in [0, 0.05) is 11.8 Å². The Labute approximate surface area is 256 Å². The van der Waals surface area contributed by atoms with E-state index >= 15 is 0 Å². The largest absolute Gasteiger partial charge is 0.452 e. The van der Waals surface area contributed by atoms with Crippen molar-refractivity contribution in [3.63, 3.8) is 0 Å². The molecule has 0 aromatic heterocycles. The molecule has 0 unspecified atom stereocenters. The highest BCUT2D eigenvalue weighted by Crippen LogP contribution is 2.61.